The highest BCUT2D eigenvalue weighted by atomic mass is 16.5. The molecule has 0 aromatic rings. The largest absolute Gasteiger partial charge is 0.379 e. The molecule has 20 heavy (non-hydrogen) atoms. The first kappa shape index (κ1) is 18.0. The molecule has 0 bridgehead atoms. The van der Waals surface area contributed by atoms with E-state index in [2.05, 4.69) is 25.7 Å². The molecule has 120 valence electrons. The molecule has 0 saturated carbocycles. The van der Waals surface area contributed by atoms with Crippen LogP contribution in [0.5, 0.6) is 0 Å². The van der Waals surface area contributed by atoms with Gasteiger partial charge in [-0.3, -0.25) is 4.90 Å². The lowest BCUT2D eigenvalue weighted by molar-refractivity contribution is 0.0310. The quantitative estimate of drug-likeness (QED) is 0.508. The van der Waals surface area contributed by atoms with E-state index in [9.17, 15) is 0 Å². The Morgan fingerprint density at radius 2 is 1.50 bits per heavy atom. The third-order valence-electron chi connectivity index (χ3n) is 4.62. The fraction of sp³-hybridized carbons (Fsp3) is 1.00. The Kier molecular flexibility index (Phi) is 10.4. The van der Waals surface area contributed by atoms with Crippen molar-refractivity contribution in [3.63, 3.8) is 0 Å². The molecule has 2 heteroatoms. The minimum atomic E-state index is 0.848. The third-order valence-corrected chi connectivity index (χ3v) is 4.62. The molecule has 2 unspecified atom stereocenters. The van der Waals surface area contributed by atoms with Crippen LogP contribution in [0.15, 0.2) is 0 Å². The van der Waals surface area contributed by atoms with Crippen molar-refractivity contribution < 1.29 is 4.74 Å². The highest BCUT2D eigenvalue weighted by Crippen LogP contribution is 2.19. The summed E-state index contributed by atoms with van der Waals surface area (Å²) in [7, 11) is 0. The fourth-order valence-electron chi connectivity index (χ4n) is 3.19. The van der Waals surface area contributed by atoms with Gasteiger partial charge in [-0.05, 0) is 18.3 Å². The van der Waals surface area contributed by atoms with Gasteiger partial charge >= 0.3 is 0 Å². The number of rotatable bonds is 11. The van der Waals surface area contributed by atoms with Crippen molar-refractivity contribution in [2.24, 2.45) is 11.8 Å². The van der Waals surface area contributed by atoms with Crippen LogP contribution in [0.2, 0.25) is 0 Å². The van der Waals surface area contributed by atoms with Crippen LogP contribution in [0.3, 0.4) is 0 Å². The first-order chi connectivity index (χ1) is 9.72. The summed E-state index contributed by atoms with van der Waals surface area (Å²) in [5.74, 6) is 1.78. The highest BCUT2D eigenvalue weighted by molar-refractivity contribution is 4.66. The van der Waals surface area contributed by atoms with E-state index in [1.807, 2.05) is 0 Å². The molecule has 2 nitrogen and oxygen atoms in total. The van der Waals surface area contributed by atoms with E-state index < -0.39 is 0 Å². The summed E-state index contributed by atoms with van der Waals surface area (Å²) in [4.78, 5) is 2.57. The molecular formula is C18H37NO. The van der Waals surface area contributed by atoms with Crippen LogP contribution < -0.4 is 0 Å². The van der Waals surface area contributed by atoms with Crippen LogP contribution in [0.1, 0.15) is 72.1 Å². The lowest BCUT2D eigenvalue weighted by Gasteiger charge is -2.29. The molecule has 1 saturated heterocycles. The van der Waals surface area contributed by atoms with Gasteiger partial charge in [-0.25, -0.2) is 0 Å². The maximum absolute atomic E-state index is 5.41. The Morgan fingerprint density at radius 3 is 2.20 bits per heavy atom. The Morgan fingerprint density at radius 1 is 0.850 bits per heavy atom. The number of nitrogens with zero attached hydrogens (tertiary/aromatic N) is 1. The predicted octanol–water partition coefficient (Wildman–Crippen LogP) is 4.73. The molecule has 1 fully saturated rings. The molecule has 1 aliphatic rings. The zero-order valence-corrected chi connectivity index (χ0v) is 14.2. The summed E-state index contributed by atoms with van der Waals surface area (Å²) >= 11 is 0. The van der Waals surface area contributed by atoms with E-state index >= 15 is 0 Å². The Bertz CT molecular complexity index is 213. The summed E-state index contributed by atoms with van der Waals surface area (Å²) in [5.41, 5.74) is 0. The van der Waals surface area contributed by atoms with Gasteiger partial charge in [-0.2, -0.15) is 0 Å². The smallest absolute Gasteiger partial charge is 0.0594 e. The van der Waals surface area contributed by atoms with Crippen LogP contribution in [0.4, 0.5) is 0 Å². The minimum Gasteiger partial charge on any atom is -0.379 e. The molecule has 0 aromatic carbocycles. The highest BCUT2D eigenvalue weighted by Gasteiger charge is 2.13. The normalized spacial score (nSPS) is 19.9. The van der Waals surface area contributed by atoms with Gasteiger partial charge in [0, 0.05) is 19.6 Å². The number of hydrogen-bond donors (Lipinski definition) is 0. The van der Waals surface area contributed by atoms with Crippen molar-refractivity contribution in [2.75, 3.05) is 32.8 Å². The second-order valence-electron chi connectivity index (χ2n) is 6.90. The monoisotopic (exact) mass is 283 g/mol. The molecule has 1 heterocycles. The lowest BCUT2D eigenvalue weighted by atomic mass is 9.94. The standard InChI is InChI=1S/C18H37NO/c1-4-5-6-7-9-17(2)10-8-11-18(3)16-19-12-14-20-15-13-19/h17-18H,4-16H2,1-3H3. The van der Waals surface area contributed by atoms with Crippen LogP contribution in [0, 0.1) is 11.8 Å². The first-order valence-electron chi connectivity index (χ1n) is 9.02. The molecule has 0 amide bonds. The summed E-state index contributed by atoms with van der Waals surface area (Å²) in [6, 6.07) is 0. The van der Waals surface area contributed by atoms with Crippen LogP contribution in [0.25, 0.3) is 0 Å². The summed E-state index contributed by atoms with van der Waals surface area (Å²) in [6.07, 6.45) is 11.3. The summed E-state index contributed by atoms with van der Waals surface area (Å²) < 4.78 is 5.41. The van der Waals surface area contributed by atoms with Gasteiger partial charge in [0.1, 0.15) is 0 Å². The Labute approximate surface area is 127 Å². The molecule has 1 aliphatic heterocycles. The maximum Gasteiger partial charge on any atom is 0.0594 e. The average molecular weight is 284 g/mol. The molecule has 0 aliphatic carbocycles. The van der Waals surface area contributed by atoms with Crippen LogP contribution in [-0.2, 0) is 4.74 Å². The SMILES string of the molecule is CCCCCCC(C)CCCC(C)CN1CCOCC1. The number of morpholine rings is 1. The Balaban J connectivity index is 1.95. The van der Waals surface area contributed by atoms with E-state index in [1.165, 1.54) is 57.9 Å². The number of unbranched alkanes of at least 4 members (excludes halogenated alkanes) is 3. The van der Waals surface area contributed by atoms with Crippen molar-refractivity contribution >= 4 is 0 Å². The van der Waals surface area contributed by atoms with E-state index in [1.54, 1.807) is 0 Å². The van der Waals surface area contributed by atoms with Crippen LogP contribution >= 0.6 is 0 Å². The molecule has 0 radical (unpaired) electrons. The van der Waals surface area contributed by atoms with Crippen molar-refractivity contribution in [1.29, 1.82) is 0 Å². The van der Waals surface area contributed by atoms with Crippen LogP contribution in [-0.4, -0.2) is 37.7 Å². The maximum atomic E-state index is 5.41. The minimum absolute atomic E-state index is 0.848. The van der Waals surface area contributed by atoms with E-state index in [-0.39, 0.29) is 0 Å². The zero-order chi connectivity index (χ0) is 14.6. The van der Waals surface area contributed by atoms with Gasteiger partial charge in [0.2, 0.25) is 0 Å². The molecule has 0 aromatic heterocycles. The molecular weight excluding hydrogens is 246 g/mol. The number of hydrogen-bond acceptors (Lipinski definition) is 2. The first-order valence-corrected chi connectivity index (χ1v) is 9.02. The predicted molar refractivity (Wildman–Crippen MR) is 88.2 cm³/mol. The van der Waals surface area contributed by atoms with E-state index in [4.69, 9.17) is 4.74 Å². The number of ether oxygens (including phenoxy) is 1. The van der Waals surface area contributed by atoms with Gasteiger partial charge in [0.05, 0.1) is 13.2 Å². The van der Waals surface area contributed by atoms with Crippen molar-refractivity contribution in [3.8, 4) is 0 Å². The summed E-state index contributed by atoms with van der Waals surface area (Å²) in [5, 5.41) is 0. The van der Waals surface area contributed by atoms with E-state index in [0.29, 0.717) is 0 Å². The second-order valence-corrected chi connectivity index (χ2v) is 6.90. The summed E-state index contributed by atoms with van der Waals surface area (Å²) in [6.45, 7) is 12.6. The third kappa shape index (κ3) is 8.97. The molecule has 0 spiro atoms. The van der Waals surface area contributed by atoms with Crippen molar-refractivity contribution in [2.45, 2.75) is 72.1 Å². The van der Waals surface area contributed by atoms with Gasteiger partial charge in [0.25, 0.3) is 0 Å². The second kappa shape index (κ2) is 11.6. The fourth-order valence-corrected chi connectivity index (χ4v) is 3.19. The zero-order valence-electron chi connectivity index (χ0n) is 14.2. The van der Waals surface area contributed by atoms with Gasteiger partial charge in [-0.15, -0.1) is 0 Å². The van der Waals surface area contributed by atoms with Crippen molar-refractivity contribution in [1.82, 2.24) is 4.90 Å². The van der Waals surface area contributed by atoms with E-state index in [0.717, 1.165) is 38.1 Å². The van der Waals surface area contributed by atoms with Gasteiger partial charge < -0.3 is 4.74 Å². The lowest BCUT2D eigenvalue weighted by Crippen LogP contribution is -2.38. The van der Waals surface area contributed by atoms with Crippen molar-refractivity contribution in [3.05, 3.63) is 0 Å². The average Bonchev–Trinajstić information content (AvgIpc) is 2.45. The molecule has 2 atom stereocenters. The van der Waals surface area contributed by atoms with Gasteiger partial charge in [0.15, 0.2) is 0 Å². The van der Waals surface area contributed by atoms with Gasteiger partial charge in [-0.1, -0.05) is 65.7 Å². The molecule has 0 N–H and O–H groups in total. The Hall–Kier alpha value is -0.0800. The topological polar surface area (TPSA) is 12.5 Å². The molecule has 1 rings (SSSR count).